The maximum absolute atomic E-state index is 11.9. The van der Waals surface area contributed by atoms with Crippen LogP contribution >= 0.6 is 0 Å². The molecule has 9 heteroatoms. The number of rotatable bonds is 5. The molecule has 0 aromatic carbocycles. The quantitative estimate of drug-likeness (QED) is 0.603. The molecule has 1 aliphatic heterocycles. The third kappa shape index (κ3) is 3.23. The topological polar surface area (TPSA) is 112 Å². The van der Waals surface area contributed by atoms with Gasteiger partial charge in [0.15, 0.2) is 0 Å². The van der Waals surface area contributed by atoms with E-state index in [-0.39, 0.29) is 11.9 Å². The molecule has 4 rings (SSSR count). The molecule has 1 atom stereocenters. The first-order valence-corrected chi connectivity index (χ1v) is 8.42. The van der Waals surface area contributed by atoms with Crippen molar-refractivity contribution in [1.82, 2.24) is 25.0 Å². The number of H-pyrrole nitrogens is 1. The Bertz CT molecular complexity index is 918. The fourth-order valence-electron chi connectivity index (χ4n) is 3.12. The second kappa shape index (κ2) is 6.87. The van der Waals surface area contributed by atoms with Crippen LogP contribution in [0.1, 0.15) is 12.8 Å². The highest BCUT2D eigenvalue weighted by molar-refractivity contribution is 5.89. The largest absolute Gasteiger partial charge is 0.365 e. The van der Waals surface area contributed by atoms with Crippen LogP contribution < -0.4 is 10.6 Å². The highest BCUT2D eigenvalue weighted by atomic mass is 16.5. The second-order valence-electron chi connectivity index (χ2n) is 6.15. The van der Waals surface area contributed by atoms with E-state index in [1.165, 1.54) is 12.3 Å². The Kier molecular flexibility index (Phi) is 4.26. The molecule has 1 aliphatic rings. The minimum Gasteiger partial charge on any atom is -0.365 e. The molecule has 3 N–H and O–H groups in total. The molecule has 1 fully saturated rings. The summed E-state index contributed by atoms with van der Waals surface area (Å²) in [5.74, 6) is 1.11. The summed E-state index contributed by atoms with van der Waals surface area (Å²) < 4.78 is 4.82. The number of hydrogen-bond acceptors (Lipinski definition) is 7. The first kappa shape index (κ1) is 16.1. The van der Waals surface area contributed by atoms with Crippen molar-refractivity contribution in [2.45, 2.75) is 18.9 Å². The van der Waals surface area contributed by atoms with Gasteiger partial charge in [-0.3, -0.25) is 4.79 Å². The monoisotopic (exact) mass is 353 g/mol. The van der Waals surface area contributed by atoms with Crippen molar-refractivity contribution < 1.29 is 9.32 Å². The van der Waals surface area contributed by atoms with Crippen LogP contribution in [0.3, 0.4) is 0 Å². The van der Waals surface area contributed by atoms with E-state index in [4.69, 9.17) is 4.52 Å². The molecule has 0 spiro atoms. The van der Waals surface area contributed by atoms with Crippen LogP contribution in [0.2, 0.25) is 0 Å². The van der Waals surface area contributed by atoms with Gasteiger partial charge in [-0.25, -0.2) is 0 Å². The van der Waals surface area contributed by atoms with Gasteiger partial charge in [-0.05, 0) is 25.0 Å². The van der Waals surface area contributed by atoms with Crippen LogP contribution in [0.5, 0.6) is 0 Å². The summed E-state index contributed by atoms with van der Waals surface area (Å²) in [5.41, 5.74) is 1.39. The molecule has 1 amide bonds. The van der Waals surface area contributed by atoms with E-state index in [2.05, 4.69) is 37.3 Å². The second-order valence-corrected chi connectivity index (χ2v) is 6.15. The van der Waals surface area contributed by atoms with Crippen molar-refractivity contribution in [3.05, 3.63) is 37.4 Å². The number of nitrogens with one attached hydrogen (secondary N) is 3. The minimum absolute atomic E-state index is 0.0409. The van der Waals surface area contributed by atoms with Crippen LogP contribution in [0.4, 0.5) is 17.5 Å². The number of carbonyl (C=O) groups excluding carboxylic acids is 1. The predicted molar refractivity (Wildman–Crippen MR) is 97.1 cm³/mol. The third-order valence-corrected chi connectivity index (χ3v) is 4.35. The Morgan fingerprint density at radius 2 is 2.38 bits per heavy atom. The lowest BCUT2D eigenvalue weighted by atomic mass is 10.1. The van der Waals surface area contributed by atoms with Gasteiger partial charge in [0, 0.05) is 25.3 Å². The van der Waals surface area contributed by atoms with Crippen molar-refractivity contribution >= 4 is 34.4 Å². The van der Waals surface area contributed by atoms with Crippen molar-refractivity contribution in [2.75, 3.05) is 23.7 Å². The number of likely N-dealkylation sites (tertiary alicyclic amines) is 1. The number of hydrogen-bond donors (Lipinski definition) is 3. The minimum atomic E-state index is -0.0409. The van der Waals surface area contributed by atoms with E-state index < -0.39 is 0 Å². The number of amides is 1. The Hall–Kier alpha value is -3.36. The van der Waals surface area contributed by atoms with E-state index in [0.717, 1.165) is 30.4 Å². The SMILES string of the molecule is C=CC(=O)N1CCC[C@@H](Nc2nc(Nc3cnoc3)nc3[nH]ccc23)C1. The molecular weight excluding hydrogens is 334 g/mol. The van der Waals surface area contributed by atoms with Gasteiger partial charge in [0.05, 0.1) is 11.6 Å². The molecular formula is C17H19N7O2. The maximum atomic E-state index is 11.9. The van der Waals surface area contributed by atoms with E-state index in [9.17, 15) is 4.79 Å². The number of fused-ring (bicyclic) bond motifs is 1. The van der Waals surface area contributed by atoms with Gasteiger partial charge < -0.3 is 25.0 Å². The molecule has 9 nitrogen and oxygen atoms in total. The standard InChI is InChI=1S/C17H19N7O2/c1-2-14(25)24-7-3-4-11(9-24)20-16-13-5-6-18-15(13)22-17(23-16)21-12-8-19-26-10-12/h2,5-6,8,10-11H,1,3-4,7,9H2,(H3,18,20,21,22,23)/t11-/m1/s1. The van der Waals surface area contributed by atoms with Crippen LogP contribution in [-0.4, -0.2) is 50.0 Å². The number of carbonyl (C=O) groups is 1. The van der Waals surface area contributed by atoms with Crippen molar-refractivity contribution in [3.63, 3.8) is 0 Å². The summed E-state index contributed by atoms with van der Waals surface area (Å²) in [6, 6.07) is 2.04. The normalized spacial score (nSPS) is 17.2. The molecule has 0 aliphatic carbocycles. The van der Waals surface area contributed by atoms with E-state index in [0.29, 0.717) is 24.0 Å². The number of piperidine rings is 1. The fraction of sp³-hybridized carbons (Fsp3) is 0.294. The molecule has 26 heavy (non-hydrogen) atoms. The average molecular weight is 353 g/mol. The highest BCUT2D eigenvalue weighted by Crippen LogP contribution is 2.25. The van der Waals surface area contributed by atoms with Crippen LogP contribution in [-0.2, 0) is 4.79 Å². The smallest absolute Gasteiger partial charge is 0.246 e. The zero-order chi connectivity index (χ0) is 17.9. The van der Waals surface area contributed by atoms with E-state index in [1.807, 2.05) is 12.3 Å². The molecule has 3 aromatic rings. The lowest BCUT2D eigenvalue weighted by Crippen LogP contribution is -2.44. The van der Waals surface area contributed by atoms with Gasteiger partial charge in [0.25, 0.3) is 0 Å². The molecule has 1 saturated heterocycles. The number of aromatic amines is 1. The Morgan fingerprint density at radius 1 is 1.46 bits per heavy atom. The summed E-state index contributed by atoms with van der Waals surface area (Å²) in [5, 5.41) is 11.1. The first-order chi connectivity index (χ1) is 12.7. The molecule has 4 heterocycles. The Morgan fingerprint density at radius 3 is 3.19 bits per heavy atom. The summed E-state index contributed by atoms with van der Waals surface area (Å²) in [6.07, 6.45) is 8.11. The summed E-state index contributed by atoms with van der Waals surface area (Å²) in [6.45, 7) is 4.95. The molecule has 3 aromatic heterocycles. The summed E-state index contributed by atoms with van der Waals surface area (Å²) in [7, 11) is 0. The number of anilines is 3. The van der Waals surface area contributed by atoms with Crippen molar-refractivity contribution in [2.24, 2.45) is 0 Å². The molecule has 134 valence electrons. The molecule has 0 saturated carbocycles. The Labute approximate surface area is 149 Å². The summed E-state index contributed by atoms with van der Waals surface area (Å²) >= 11 is 0. The lowest BCUT2D eigenvalue weighted by Gasteiger charge is -2.32. The van der Waals surface area contributed by atoms with Crippen LogP contribution in [0.15, 0.2) is 41.9 Å². The Balaban J connectivity index is 1.58. The zero-order valence-electron chi connectivity index (χ0n) is 14.1. The van der Waals surface area contributed by atoms with Crippen molar-refractivity contribution in [1.29, 1.82) is 0 Å². The van der Waals surface area contributed by atoms with Gasteiger partial charge in [-0.15, -0.1) is 0 Å². The first-order valence-electron chi connectivity index (χ1n) is 8.42. The van der Waals surface area contributed by atoms with Gasteiger partial charge in [-0.1, -0.05) is 11.7 Å². The molecule has 0 unspecified atom stereocenters. The average Bonchev–Trinajstić information content (AvgIpc) is 3.33. The van der Waals surface area contributed by atoms with Crippen molar-refractivity contribution in [3.8, 4) is 0 Å². The molecule has 0 radical (unpaired) electrons. The van der Waals surface area contributed by atoms with Gasteiger partial charge in [0.2, 0.25) is 11.9 Å². The number of nitrogens with zero attached hydrogens (tertiary/aromatic N) is 4. The van der Waals surface area contributed by atoms with Crippen LogP contribution in [0, 0.1) is 0 Å². The number of aromatic nitrogens is 4. The van der Waals surface area contributed by atoms with Gasteiger partial charge >= 0.3 is 0 Å². The maximum Gasteiger partial charge on any atom is 0.246 e. The lowest BCUT2D eigenvalue weighted by molar-refractivity contribution is -0.127. The van der Waals surface area contributed by atoms with Gasteiger partial charge in [0.1, 0.15) is 23.4 Å². The van der Waals surface area contributed by atoms with E-state index in [1.54, 1.807) is 11.1 Å². The fourth-order valence-corrected chi connectivity index (χ4v) is 3.12. The third-order valence-electron chi connectivity index (χ3n) is 4.35. The highest BCUT2D eigenvalue weighted by Gasteiger charge is 2.23. The summed E-state index contributed by atoms with van der Waals surface area (Å²) in [4.78, 5) is 25.8. The molecule has 0 bridgehead atoms. The van der Waals surface area contributed by atoms with Crippen LogP contribution in [0.25, 0.3) is 11.0 Å². The predicted octanol–water partition coefficient (Wildman–Crippen LogP) is 2.28. The van der Waals surface area contributed by atoms with Gasteiger partial charge in [-0.2, -0.15) is 9.97 Å². The van der Waals surface area contributed by atoms with E-state index >= 15 is 0 Å². The zero-order valence-corrected chi connectivity index (χ0v) is 14.1.